The highest BCUT2D eigenvalue weighted by Gasteiger charge is 2.25. The zero-order valence-electron chi connectivity index (χ0n) is 14.6. The zero-order chi connectivity index (χ0) is 19.1. The van der Waals surface area contributed by atoms with Gasteiger partial charge in [0.1, 0.15) is 0 Å². The molecule has 1 aromatic carbocycles. The SMILES string of the molecule is CCOC(=O)CCC(=O)NC1CCN(C(=O)c2ccc(Cl)c(Cl)c2)CC1. The van der Waals surface area contributed by atoms with Crippen molar-refractivity contribution in [3.05, 3.63) is 33.8 Å². The Labute approximate surface area is 162 Å². The molecule has 0 aromatic heterocycles. The third-order valence-corrected chi connectivity index (χ3v) is 4.91. The lowest BCUT2D eigenvalue weighted by atomic mass is 10.0. The van der Waals surface area contributed by atoms with Crippen molar-refractivity contribution in [3.63, 3.8) is 0 Å². The van der Waals surface area contributed by atoms with Gasteiger partial charge in [-0.1, -0.05) is 23.2 Å². The van der Waals surface area contributed by atoms with Gasteiger partial charge in [0.25, 0.3) is 5.91 Å². The van der Waals surface area contributed by atoms with Crippen LogP contribution < -0.4 is 5.32 Å². The summed E-state index contributed by atoms with van der Waals surface area (Å²) in [6.07, 6.45) is 1.52. The predicted molar refractivity (Wildman–Crippen MR) is 99.4 cm³/mol. The number of piperidine rings is 1. The summed E-state index contributed by atoms with van der Waals surface area (Å²) in [5.74, 6) is -0.646. The van der Waals surface area contributed by atoms with Crippen LogP contribution in [0.15, 0.2) is 18.2 Å². The number of nitrogens with zero attached hydrogens (tertiary/aromatic N) is 1. The van der Waals surface area contributed by atoms with Gasteiger partial charge in [-0.15, -0.1) is 0 Å². The number of esters is 1. The summed E-state index contributed by atoms with van der Waals surface area (Å²) in [4.78, 5) is 37.4. The summed E-state index contributed by atoms with van der Waals surface area (Å²) >= 11 is 11.8. The third-order valence-electron chi connectivity index (χ3n) is 4.18. The number of carbonyl (C=O) groups excluding carboxylic acids is 3. The van der Waals surface area contributed by atoms with Crippen LogP contribution >= 0.6 is 23.2 Å². The lowest BCUT2D eigenvalue weighted by Gasteiger charge is -2.32. The van der Waals surface area contributed by atoms with Crippen LogP contribution in [0.3, 0.4) is 0 Å². The number of rotatable bonds is 6. The molecule has 0 bridgehead atoms. The van der Waals surface area contributed by atoms with E-state index in [4.69, 9.17) is 27.9 Å². The normalized spacial score (nSPS) is 14.8. The molecule has 1 saturated heterocycles. The van der Waals surface area contributed by atoms with E-state index in [2.05, 4.69) is 5.32 Å². The van der Waals surface area contributed by atoms with Crippen LogP contribution in [0.5, 0.6) is 0 Å². The van der Waals surface area contributed by atoms with E-state index < -0.39 is 0 Å². The van der Waals surface area contributed by atoms with E-state index in [1.54, 1.807) is 30.0 Å². The molecular formula is C18H22Cl2N2O4. The first kappa shape index (κ1) is 20.5. The number of likely N-dealkylation sites (tertiary alicyclic amines) is 1. The lowest BCUT2D eigenvalue weighted by Crippen LogP contribution is -2.46. The minimum Gasteiger partial charge on any atom is -0.466 e. The fourth-order valence-corrected chi connectivity index (χ4v) is 3.09. The minimum absolute atomic E-state index is 0.00236. The van der Waals surface area contributed by atoms with Crippen LogP contribution in [0.25, 0.3) is 0 Å². The molecule has 1 aromatic rings. The Balaban J connectivity index is 1.77. The average molecular weight is 401 g/mol. The van der Waals surface area contributed by atoms with Crippen LogP contribution in [-0.4, -0.2) is 48.4 Å². The minimum atomic E-state index is -0.371. The Kier molecular flexibility index (Phi) is 7.72. The molecule has 0 aliphatic carbocycles. The number of nitrogens with one attached hydrogen (secondary N) is 1. The van der Waals surface area contributed by atoms with Crippen molar-refractivity contribution in [3.8, 4) is 0 Å². The summed E-state index contributed by atoms with van der Waals surface area (Å²) in [6, 6.07) is 4.82. The molecule has 1 aliphatic rings. The highest BCUT2D eigenvalue weighted by Crippen LogP contribution is 2.24. The Hall–Kier alpha value is -1.79. The second-order valence-electron chi connectivity index (χ2n) is 6.07. The number of ether oxygens (including phenoxy) is 1. The van der Waals surface area contributed by atoms with Gasteiger partial charge in [0.15, 0.2) is 0 Å². The molecule has 142 valence electrons. The molecule has 0 atom stereocenters. The summed E-state index contributed by atoms with van der Waals surface area (Å²) in [5, 5.41) is 3.67. The molecule has 0 radical (unpaired) electrons. The molecule has 26 heavy (non-hydrogen) atoms. The van der Waals surface area contributed by atoms with Gasteiger partial charge in [0, 0.05) is 31.1 Å². The Morgan fingerprint density at radius 1 is 1.15 bits per heavy atom. The summed E-state index contributed by atoms with van der Waals surface area (Å²) in [5.41, 5.74) is 0.497. The molecule has 0 saturated carbocycles. The van der Waals surface area contributed by atoms with E-state index in [-0.39, 0.29) is 36.7 Å². The van der Waals surface area contributed by atoms with Crippen molar-refractivity contribution in [1.29, 1.82) is 0 Å². The van der Waals surface area contributed by atoms with Crippen molar-refractivity contribution < 1.29 is 19.1 Å². The van der Waals surface area contributed by atoms with E-state index in [9.17, 15) is 14.4 Å². The van der Waals surface area contributed by atoms with Gasteiger partial charge in [-0.2, -0.15) is 0 Å². The van der Waals surface area contributed by atoms with Crippen molar-refractivity contribution in [2.24, 2.45) is 0 Å². The topological polar surface area (TPSA) is 75.7 Å². The number of benzene rings is 1. The van der Waals surface area contributed by atoms with Crippen LogP contribution in [-0.2, 0) is 14.3 Å². The van der Waals surface area contributed by atoms with Crippen LogP contribution in [0.1, 0.15) is 43.0 Å². The molecule has 0 unspecified atom stereocenters. The maximum absolute atomic E-state index is 12.5. The first-order valence-corrected chi connectivity index (χ1v) is 9.35. The number of hydrogen-bond acceptors (Lipinski definition) is 4. The van der Waals surface area contributed by atoms with Crippen molar-refractivity contribution in [2.75, 3.05) is 19.7 Å². The maximum atomic E-state index is 12.5. The molecule has 1 aliphatic heterocycles. The lowest BCUT2D eigenvalue weighted by molar-refractivity contribution is -0.144. The van der Waals surface area contributed by atoms with E-state index in [0.29, 0.717) is 48.1 Å². The largest absolute Gasteiger partial charge is 0.466 e. The van der Waals surface area contributed by atoms with Gasteiger partial charge in [0.05, 0.1) is 23.1 Å². The van der Waals surface area contributed by atoms with Gasteiger partial charge in [-0.05, 0) is 38.0 Å². The van der Waals surface area contributed by atoms with Gasteiger partial charge in [0.2, 0.25) is 5.91 Å². The van der Waals surface area contributed by atoms with Gasteiger partial charge < -0.3 is 15.0 Å². The third kappa shape index (κ3) is 5.88. The summed E-state index contributed by atoms with van der Waals surface area (Å²) in [7, 11) is 0. The molecule has 1 heterocycles. The second kappa shape index (κ2) is 9.78. The number of hydrogen-bond donors (Lipinski definition) is 1. The quantitative estimate of drug-likeness (QED) is 0.744. The zero-order valence-corrected chi connectivity index (χ0v) is 16.1. The first-order valence-electron chi connectivity index (χ1n) is 8.60. The van der Waals surface area contributed by atoms with Crippen LogP contribution in [0.4, 0.5) is 0 Å². The molecular weight excluding hydrogens is 379 g/mol. The Morgan fingerprint density at radius 3 is 2.46 bits per heavy atom. The van der Waals surface area contributed by atoms with Crippen LogP contribution in [0.2, 0.25) is 10.0 Å². The van der Waals surface area contributed by atoms with Crippen molar-refractivity contribution in [1.82, 2.24) is 10.2 Å². The van der Waals surface area contributed by atoms with E-state index >= 15 is 0 Å². The highest BCUT2D eigenvalue weighted by molar-refractivity contribution is 6.42. The highest BCUT2D eigenvalue weighted by atomic mass is 35.5. The summed E-state index contributed by atoms with van der Waals surface area (Å²) < 4.78 is 4.80. The Morgan fingerprint density at radius 2 is 1.85 bits per heavy atom. The molecule has 8 heteroatoms. The van der Waals surface area contributed by atoms with Gasteiger partial charge >= 0.3 is 5.97 Å². The predicted octanol–water partition coefficient (Wildman–Crippen LogP) is 3.06. The first-order chi connectivity index (χ1) is 12.4. The number of amides is 2. The molecule has 2 rings (SSSR count). The number of carbonyl (C=O) groups is 3. The van der Waals surface area contributed by atoms with E-state index in [1.807, 2.05) is 0 Å². The molecule has 1 fully saturated rings. The maximum Gasteiger partial charge on any atom is 0.306 e. The van der Waals surface area contributed by atoms with Gasteiger partial charge in [-0.3, -0.25) is 14.4 Å². The Bertz CT molecular complexity index is 673. The van der Waals surface area contributed by atoms with Crippen molar-refractivity contribution in [2.45, 2.75) is 38.6 Å². The van der Waals surface area contributed by atoms with Crippen LogP contribution in [0, 0.1) is 0 Å². The second-order valence-corrected chi connectivity index (χ2v) is 6.88. The van der Waals surface area contributed by atoms with Gasteiger partial charge in [-0.25, -0.2) is 0 Å². The molecule has 0 spiro atoms. The average Bonchev–Trinajstić information content (AvgIpc) is 2.62. The van der Waals surface area contributed by atoms with Crippen molar-refractivity contribution >= 4 is 41.0 Å². The number of halogens is 2. The fraction of sp³-hybridized carbons (Fsp3) is 0.500. The fourth-order valence-electron chi connectivity index (χ4n) is 2.79. The van der Waals surface area contributed by atoms with E-state index in [1.165, 1.54) is 0 Å². The van der Waals surface area contributed by atoms with E-state index in [0.717, 1.165) is 0 Å². The smallest absolute Gasteiger partial charge is 0.306 e. The monoisotopic (exact) mass is 400 g/mol. The molecule has 1 N–H and O–H groups in total. The summed E-state index contributed by atoms with van der Waals surface area (Å²) in [6.45, 7) is 3.13. The molecule has 2 amide bonds. The standard InChI is InChI=1S/C18H22Cl2N2O4/c1-2-26-17(24)6-5-16(23)21-13-7-9-22(10-8-13)18(25)12-3-4-14(19)15(20)11-12/h3-4,11,13H,2,5-10H2,1H3,(H,21,23). The molecule has 6 nitrogen and oxygen atoms in total.